The summed E-state index contributed by atoms with van der Waals surface area (Å²) < 4.78 is 35.5. The minimum atomic E-state index is -4.58. The van der Waals surface area contributed by atoms with E-state index in [9.17, 15) is 13.2 Å². The lowest BCUT2D eigenvalue weighted by atomic mass is 10.1. The summed E-state index contributed by atoms with van der Waals surface area (Å²) >= 11 is 0. The van der Waals surface area contributed by atoms with Crippen LogP contribution < -0.4 is 5.32 Å². The third-order valence-electron chi connectivity index (χ3n) is 1.71. The number of aliphatic hydroxyl groups is 1. The molecule has 0 fully saturated rings. The average molecular weight is 209 g/mol. The molecule has 2 nitrogen and oxygen atoms in total. The largest absolute Gasteiger partial charge is 0.415 e. The van der Waals surface area contributed by atoms with Gasteiger partial charge in [-0.25, -0.2) is 0 Å². The third kappa shape index (κ3) is 5.10. The highest BCUT2D eigenvalue weighted by molar-refractivity contribution is 4.98. The number of alkyl halides is 3. The maximum Gasteiger partial charge on any atom is 0.415 e. The molecule has 14 heavy (non-hydrogen) atoms. The Morgan fingerprint density at radius 2 is 2.07 bits per heavy atom. The SMILES string of the molecule is C#CC(CCC)NCC(O)C(F)(F)F. The fraction of sp³-hybridized carbons (Fsp3) is 0.778. The van der Waals surface area contributed by atoms with E-state index < -0.39 is 24.9 Å². The Hall–Kier alpha value is -0.730. The first-order valence-electron chi connectivity index (χ1n) is 4.36. The van der Waals surface area contributed by atoms with Crippen molar-refractivity contribution in [3.05, 3.63) is 0 Å². The Kier molecular flexibility index (Phi) is 5.58. The highest BCUT2D eigenvalue weighted by Crippen LogP contribution is 2.19. The topological polar surface area (TPSA) is 32.3 Å². The molecule has 2 N–H and O–H groups in total. The van der Waals surface area contributed by atoms with Gasteiger partial charge in [0.1, 0.15) is 0 Å². The fourth-order valence-electron chi connectivity index (χ4n) is 0.903. The second-order valence-corrected chi connectivity index (χ2v) is 2.97. The zero-order chi connectivity index (χ0) is 11.2. The quantitative estimate of drug-likeness (QED) is 0.669. The van der Waals surface area contributed by atoms with Crippen molar-refractivity contribution in [1.29, 1.82) is 0 Å². The summed E-state index contributed by atoms with van der Waals surface area (Å²) in [4.78, 5) is 0. The predicted octanol–water partition coefficient (Wildman–Crippen LogP) is 1.30. The maximum absolute atomic E-state index is 11.8. The highest BCUT2D eigenvalue weighted by atomic mass is 19.4. The van der Waals surface area contributed by atoms with Crippen LogP contribution in [0, 0.1) is 12.3 Å². The summed E-state index contributed by atoms with van der Waals surface area (Å²) in [5, 5.41) is 11.1. The number of halogens is 3. The number of terminal acetylenes is 1. The van der Waals surface area contributed by atoms with Gasteiger partial charge in [0.05, 0.1) is 6.04 Å². The molecule has 0 aromatic rings. The Morgan fingerprint density at radius 1 is 1.50 bits per heavy atom. The Bertz CT molecular complexity index is 197. The van der Waals surface area contributed by atoms with Gasteiger partial charge < -0.3 is 10.4 Å². The molecule has 0 amide bonds. The van der Waals surface area contributed by atoms with Crippen LogP contribution in [0.4, 0.5) is 13.2 Å². The first kappa shape index (κ1) is 13.3. The van der Waals surface area contributed by atoms with Crippen LogP contribution in [0.25, 0.3) is 0 Å². The molecule has 82 valence electrons. The van der Waals surface area contributed by atoms with Gasteiger partial charge in [-0.15, -0.1) is 6.42 Å². The van der Waals surface area contributed by atoms with Gasteiger partial charge in [-0.2, -0.15) is 13.2 Å². The zero-order valence-corrected chi connectivity index (χ0v) is 7.93. The van der Waals surface area contributed by atoms with E-state index in [0.29, 0.717) is 6.42 Å². The lowest BCUT2D eigenvalue weighted by Gasteiger charge is -2.17. The molecule has 0 aliphatic rings. The number of hydrogen-bond acceptors (Lipinski definition) is 2. The van der Waals surface area contributed by atoms with Crippen LogP contribution in [-0.2, 0) is 0 Å². The second-order valence-electron chi connectivity index (χ2n) is 2.97. The van der Waals surface area contributed by atoms with Gasteiger partial charge in [0.25, 0.3) is 0 Å². The molecule has 0 aromatic heterocycles. The van der Waals surface area contributed by atoms with Crippen molar-refractivity contribution in [2.45, 2.75) is 38.1 Å². The van der Waals surface area contributed by atoms with Crippen molar-refractivity contribution < 1.29 is 18.3 Å². The van der Waals surface area contributed by atoms with E-state index in [0.717, 1.165) is 6.42 Å². The Balaban J connectivity index is 3.87. The molecular weight excluding hydrogens is 195 g/mol. The molecule has 0 aromatic carbocycles. The van der Waals surface area contributed by atoms with E-state index in [4.69, 9.17) is 11.5 Å². The lowest BCUT2D eigenvalue weighted by molar-refractivity contribution is -0.202. The summed E-state index contributed by atoms with van der Waals surface area (Å²) in [6, 6.07) is -0.406. The van der Waals surface area contributed by atoms with Crippen molar-refractivity contribution in [2.24, 2.45) is 0 Å². The second kappa shape index (κ2) is 5.89. The number of rotatable bonds is 5. The third-order valence-corrected chi connectivity index (χ3v) is 1.71. The molecule has 0 spiro atoms. The van der Waals surface area contributed by atoms with E-state index in [1.807, 2.05) is 6.92 Å². The highest BCUT2D eigenvalue weighted by Gasteiger charge is 2.37. The van der Waals surface area contributed by atoms with E-state index in [1.54, 1.807) is 0 Å². The van der Waals surface area contributed by atoms with E-state index in [-0.39, 0.29) is 0 Å². The van der Waals surface area contributed by atoms with Crippen LogP contribution in [-0.4, -0.2) is 30.0 Å². The molecule has 0 aliphatic heterocycles. The minimum Gasteiger partial charge on any atom is -0.382 e. The Labute approximate surface area is 81.5 Å². The van der Waals surface area contributed by atoms with Gasteiger partial charge in [-0.05, 0) is 6.42 Å². The molecule has 0 saturated heterocycles. The van der Waals surface area contributed by atoms with E-state index in [2.05, 4.69) is 11.2 Å². The molecule has 0 saturated carbocycles. The van der Waals surface area contributed by atoms with Gasteiger partial charge in [0, 0.05) is 6.54 Å². The van der Waals surface area contributed by atoms with E-state index >= 15 is 0 Å². The molecule has 0 heterocycles. The van der Waals surface area contributed by atoms with Gasteiger partial charge >= 0.3 is 6.18 Å². The van der Waals surface area contributed by atoms with Crippen LogP contribution in [0.15, 0.2) is 0 Å². The van der Waals surface area contributed by atoms with Crippen molar-refractivity contribution in [3.8, 4) is 12.3 Å². The average Bonchev–Trinajstić information content (AvgIpc) is 2.10. The van der Waals surface area contributed by atoms with Gasteiger partial charge in [-0.3, -0.25) is 0 Å². The van der Waals surface area contributed by atoms with Crippen LogP contribution in [0.2, 0.25) is 0 Å². The fourth-order valence-corrected chi connectivity index (χ4v) is 0.903. The number of nitrogens with one attached hydrogen (secondary N) is 1. The van der Waals surface area contributed by atoms with Crippen molar-refractivity contribution >= 4 is 0 Å². The number of hydrogen-bond donors (Lipinski definition) is 2. The number of aliphatic hydroxyl groups excluding tert-OH is 1. The molecule has 0 rings (SSSR count). The minimum absolute atomic E-state index is 0.406. The Morgan fingerprint density at radius 3 is 2.43 bits per heavy atom. The molecule has 2 atom stereocenters. The van der Waals surface area contributed by atoms with Crippen molar-refractivity contribution in [1.82, 2.24) is 5.32 Å². The van der Waals surface area contributed by atoms with E-state index in [1.165, 1.54) is 0 Å². The van der Waals surface area contributed by atoms with Crippen molar-refractivity contribution in [3.63, 3.8) is 0 Å². The molecule has 5 heteroatoms. The van der Waals surface area contributed by atoms with Gasteiger partial charge in [-0.1, -0.05) is 19.3 Å². The molecule has 0 radical (unpaired) electrons. The van der Waals surface area contributed by atoms with Crippen LogP contribution in [0.3, 0.4) is 0 Å². The lowest BCUT2D eigenvalue weighted by Crippen LogP contribution is -2.42. The summed E-state index contributed by atoms with van der Waals surface area (Å²) in [5.74, 6) is 2.32. The molecule has 0 bridgehead atoms. The molecule has 2 unspecified atom stereocenters. The van der Waals surface area contributed by atoms with Crippen LogP contribution in [0.5, 0.6) is 0 Å². The molecule has 0 aliphatic carbocycles. The smallest absolute Gasteiger partial charge is 0.382 e. The summed E-state index contributed by atoms with van der Waals surface area (Å²) in [6.45, 7) is 1.32. The van der Waals surface area contributed by atoms with Gasteiger partial charge in [0.15, 0.2) is 6.10 Å². The first-order valence-corrected chi connectivity index (χ1v) is 4.36. The summed E-state index contributed by atoms with van der Waals surface area (Å²) in [6.07, 6.45) is -0.478. The normalized spacial score (nSPS) is 16.0. The van der Waals surface area contributed by atoms with Crippen LogP contribution >= 0.6 is 0 Å². The zero-order valence-electron chi connectivity index (χ0n) is 7.93. The molecular formula is C9H14F3NO. The van der Waals surface area contributed by atoms with Crippen molar-refractivity contribution in [2.75, 3.05) is 6.54 Å². The van der Waals surface area contributed by atoms with Gasteiger partial charge in [0.2, 0.25) is 0 Å². The standard InChI is InChI=1S/C9H14F3NO/c1-3-5-7(4-2)13-6-8(14)9(10,11)12/h2,7-8,13-14H,3,5-6H2,1H3. The predicted molar refractivity (Wildman–Crippen MR) is 47.6 cm³/mol. The summed E-state index contributed by atoms with van der Waals surface area (Å²) in [7, 11) is 0. The maximum atomic E-state index is 11.8. The first-order chi connectivity index (χ1) is 6.41. The monoisotopic (exact) mass is 209 g/mol. The van der Waals surface area contributed by atoms with Crippen LogP contribution in [0.1, 0.15) is 19.8 Å². The summed E-state index contributed by atoms with van der Waals surface area (Å²) in [5.41, 5.74) is 0.